The van der Waals surface area contributed by atoms with Crippen LogP contribution in [0.25, 0.3) is 0 Å². The number of carboxylic acid groups (broad SMARTS) is 1. The Balaban J connectivity index is 2.67. The van der Waals surface area contributed by atoms with E-state index in [0.717, 1.165) is 12.8 Å². The van der Waals surface area contributed by atoms with Gasteiger partial charge >= 0.3 is 5.97 Å². The molecule has 0 unspecified atom stereocenters. The third-order valence-electron chi connectivity index (χ3n) is 2.11. The van der Waals surface area contributed by atoms with E-state index in [9.17, 15) is 9.59 Å². The van der Waals surface area contributed by atoms with Crippen LogP contribution >= 0.6 is 0 Å². The zero-order valence-electron chi connectivity index (χ0n) is 8.49. The molecule has 0 saturated heterocycles. The Bertz CT molecular complexity index is 253. The number of carboxylic acids is 1. The second-order valence-electron chi connectivity index (χ2n) is 4.28. The largest absolute Gasteiger partial charge is 0.480 e. The Kier molecular flexibility index (Phi) is 2.80. The van der Waals surface area contributed by atoms with Crippen molar-refractivity contribution in [3.05, 3.63) is 0 Å². The molecule has 1 aliphatic carbocycles. The molecule has 0 aromatic heterocycles. The Labute approximate surface area is 82.9 Å². The Hall–Kier alpha value is -1.10. The number of rotatable bonds is 4. The minimum Gasteiger partial charge on any atom is -0.480 e. The number of carbonyl (C=O) groups excluding carboxylic acids is 1. The van der Waals surface area contributed by atoms with Crippen molar-refractivity contribution in [2.45, 2.75) is 38.3 Å². The van der Waals surface area contributed by atoms with Crippen molar-refractivity contribution in [2.75, 3.05) is 6.54 Å². The molecule has 0 radical (unpaired) electrons. The fourth-order valence-corrected chi connectivity index (χ4v) is 1.27. The van der Waals surface area contributed by atoms with Crippen LogP contribution in [-0.2, 0) is 9.59 Å². The summed E-state index contributed by atoms with van der Waals surface area (Å²) in [6.07, 6.45) is 1.77. The van der Waals surface area contributed by atoms with Crippen LogP contribution in [0.2, 0.25) is 0 Å². The summed E-state index contributed by atoms with van der Waals surface area (Å²) in [5, 5.41) is 8.64. The molecule has 5 nitrogen and oxygen atoms in total. The van der Waals surface area contributed by atoms with Crippen LogP contribution in [-0.4, -0.2) is 40.0 Å². The van der Waals surface area contributed by atoms with Crippen molar-refractivity contribution in [3.63, 3.8) is 0 Å². The topological polar surface area (TPSA) is 83.6 Å². The number of amides is 1. The molecule has 0 aromatic carbocycles. The average Bonchev–Trinajstić information content (AvgIpc) is 2.79. The van der Waals surface area contributed by atoms with Crippen LogP contribution in [0, 0.1) is 0 Å². The van der Waals surface area contributed by atoms with Gasteiger partial charge in [-0.05, 0) is 26.7 Å². The van der Waals surface area contributed by atoms with E-state index in [4.69, 9.17) is 10.8 Å². The molecule has 0 aliphatic heterocycles. The number of nitrogens with zero attached hydrogens (tertiary/aromatic N) is 1. The highest BCUT2D eigenvalue weighted by atomic mass is 16.4. The van der Waals surface area contributed by atoms with Gasteiger partial charge in [0.2, 0.25) is 5.91 Å². The molecular formula is C9H16N2O3. The summed E-state index contributed by atoms with van der Waals surface area (Å²) < 4.78 is 0. The molecule has 0 atom stereocenters. The predicted octanol–water partition coefficient (Wildman–Crippen LogP) is -0.201. The van der Waals surface area contributed by atoms with Gasteiger partial charge in [0.1, 0.15) is 6.54 Å². The minimum absolute atomic E-state index is 0.0847. The molecule has 1 saturated carbocycles. The van der Waals surface area contributed by atoms with Gasteiger partial charge in [0.25, 0.3) is 0 Å². The Morgan fingerprint density at radius 1 is 1.50 bits per heavy atom. The lowest BCUT2D eigenvalue weighted by Gasteiger charge is -2.27. The van der Waals surface area contributed by atoms with Gasteiger partial charge in [-0.15, -0.1) is 0 Å². The second-order valence-corrected chi connectivity index (χ2v) is 4.28. The molecule has 1 rings (SSSR count). The number of aliphatic carboxylic acids is 1. The van der Waals surface area contributed by atoms with Crippen LogP contribution < -0.4 is 5.73 Å². The highest BCUT2D eigenvalue weighted by Gasteiger charge is 2.38. The third kappa shape index (κ3) is 2.70. The summed E-state index contributed by atoms with van der Waals surface area (Å²) in [6.45, 7) is 2.93. The molecule has 5 heteroatoms. The van der Waals surface area contributed by atoms with Crippen molar-refractivity contribution >= 4 is 11.9 Å². The van der Waals surface area contributed by atoms with E-state index in [1.54, 1.807) is 13.8 Å². The third-order valence-corrected chi connectivity index (χ3v) is 2.11. The first-order chi connectivity index (χ1) is 6.32. The molecular weight excluding hydrogens is 184 g/mol. The Morgan fingerprint density at radius 2 is 2.00 bits per heavy atom. The number of carbonyl (C=O) groups is 2. The van der Waals surface area contributed by atoms with Crippen molar-refractivity contribution in [2.24, 2.45) is 5.73 Å². The number of nitrogens with two attached hydrogens (primary N) is 1. The van der Waals surface area contributed by atoms with Crippen LogP contribution in [0.1, 0.15) is 26.7 Å². The van der Waals surface area contributed by atoms with Gasteiger partial charge < -0.3 is 15.7 Å². The molecule has 3 N–H and O–H groups in total. The van der Waals surface area contributed by atoms with Gasteiger partial charge in [-0.3, -0.25) is 9.59 Å². The minimum atomic E-state index is -0.991. The number of hydrogen-bond donors (Lipinski definition) is 2. The summed E-state index contributed by atoms with van der Waals surface area (Å²) in [7, 11) is 0. The van der Waals surface area contributed by atoms with Crippen LogP contribution in [0.3, 0.4) is 0 Å². The van der Waals surface area contributed by atoms with Crippen LogP contribution in [0.4, 0.5) is 0 Å². The van der Waals surface area contributed by atoms with Gasteiger partial charge in [0.15, 0.2) is 0 Å². The average molecular weight is 200 g/mol. The van der Waals surface area contributed by atoms with Gasteiger partial charge in [-0.1, -0.05) is 0 Å². The van der Waals surface area contributed by atoms with E-state index in [1.807, 2.05) is 0 Å². The first kappa shape index (κ1) is 11.0. The maximum atomic E-state index is 11.7. The van der Waals surface area contributed by atoms with E-state index in [0.29, 0.717) is 0 Å². The lowest BCUT2D eigenvalue weighted by Crippen LogP contribution is -2.53. The predicted molar refractivity (Wildman–Crippen MR) is 50.6 cm³/mol. The molecule has 0 aromatic rings. The summed E-state index contributed by atoms with van der Waals surface area (Å²) in [4.78, 5) is 23.6. The SMILES string of the molecule is CC(C)(N)C(=O)N(CC(=O)O)C1CC1. The second kappa shape index (κ2) is 3.57. The van der Waals surface area contributed by atoms with E-state index in [1.165, 1.54) is 4.90 Å². The van der Waals surface area contributed by atoms with Gasteiger partial charge in [0.05, 0.1) is 5.54 Å². The maximum absolute atomic E-state index is 11.7. The molecule has 80 valence electrons. The summed E-state index contributed by atoms with van der Waals surface area (Å²) >= 11 is 0. The van der Waals surface area contributed by atoms with Crippen molar-refractivity contribution in [1.29, 1.82) is 0 Å². The normalized spacial score (nSPS) is 16.5. The zero-order chi connectivity index (χ0) is 10.9. The van der Waals surface area contributed by atoms with Gasteiger partial charge in [0, 0.05) is 6.04 Å². The highest BCUT2D eigenvalue weighted by molar-refractivity contribution is 5.88. The summed E-state index contributed by atoms with van der Waals surface area (Å²) in [6, 6.07) is 0.0847. The molecule has 1 fully saturated rings. The van der Waals surface area contributed by atoms with E-state index >= 15 is 0 Å². The van der Waals surface area contributed by atoms with Crippen molar-refractivity contribution in [1.82, 2.24) is 4.90 Å². The monoisotopic (exact) mass is 200 g/mol. The molecule has 0 spiro atoms. The first-order valence-electron chi connectivity index (χ1n) is 4.64. The molecule has 1 amide bonds. The zero-order valence-corrected chi connectivity index (χ0v) is 8.49. The Morgan fingerprint density at radius 3 is 2.29 bits per heavy atom. The van der Waals surface area contributed by atoms with E-state index in [2.05, 4.69) is 0 Å². The van der Waals surface area contributed by atoms with Crippen molar-refractivity contribution < 1.29 is 14.7 Å². The fourth-order valence-electron chi connectivity index (χ4n) is 1.27. The smallest absolute Gasteiger partial charge is 0.323 e. The van der Waals surface area contributed by atoms with Gasteiger partial charge in [-0.25, -0.2) is 0 Å². The molecule has 1 aliphatic rings. The van der Waals surface area contributed by atoms with Crippen LogP contribution in [0.15, 0.2) is 0 Å². The van der Waals surface area contributed by atoms with Crippen molar-refractivity contribution in [3.8, 4) is 0 Å². The lowest BCUT2D eigenvalue weighted by atomic mass is 10.1. The van der Waals surface area contributed by atoms with Crippen LogP contribution in [0.5, 0.6) is 0 Å². The number of hydrogen-bond acceptors (Lipinski definition) is 3. The highest BCUT2D eigenvalue weighted by Crippen LogP contribution is 2.28. The standard InChI is InChI=1S/C9H16N2O3/c1-9(2,10)8(14)11(5-7(12)13)6-3-4-6/h6H,3-5,10H2,1-2H3,(H,12,13). The van der Waals surface area contributed by atoms with Gasteiger partial charge in [-0.2, -0.15) is 0 Å². The summed E-state index contributed by atoms with van der Waals surface area (Å²) in [5.41, 5.74) is 4.65. The first-order valence-corrected chi connectivity index (χ1v) is 4.64. The fraction of sp³-hybridized carbons (Fsp3) is 0.778. The van der Waals surface area contributed by atoms with E-state index in [-0.39, 0.29) is 18.5 Å². The summed E-state index contributed by atoms with van der Waals surface area (Å²) in [5.74, 6) is -1.28. The maximum Gasteiger partial charge on any atom is 0.323 e. The quantitative estimate of drug-likeness (QED) is 0.658. The lowest BCUT2D eigenvalue weighted by molar-refractivity contribution is -0.146. The molecule has 0 bridgehead atoms. The van der Waals surface area contributed by atoms with E-state index < -0.39 is 11.5 Å². The molecule has 14 heavy (non-hydrogen) atoms. The molecule has 0 heterocycles.